The van der Waals surface area contributed by atoms with Gasteiger partial charge in [-0.2, -0.15) is 0 Å². The standard InChI is InChI=1S/C20H24ClN3O4S/c1-28-15-6-9-23(10-7-15)13-18(25)22-8-11-24-19(26)17(29-20(24)27)12-14-4-2-3-5-16(14)21/h2-5,12,15H,6-11,13H2,1H3,(H,22,25). The number of carbonyl (C=O) groups excluding carboxylic acids is 3. The van der Waals surface area contributed by atoms with Gasteiger partial charge >= 0.3 is 0 Å². The van der Waals surface area contributed by atoms with E-state index in [0.717, 1.165) is 42.6 Å². The Labute approximate surface area is 179 Å². The highest BCUT2D eigenvalue weighted by molar-refractivity contribution is 8.18. The Hall–Kier alpha value is -1.87. The molecule has 156 valence electrons. The van der Waals surface area contributed by atoms with E-state index in [-0.39, 0.29) is 36.2 Å². The molecule has 3 amide bonds. The zero-order chi connectivity index (χ0) is 20.8. The number of methoxy groups -OCH3 is 1. The second-order valence-electron chi connectivity index (χ2n) is 6.92. The van der Waals surface area contributed by atoms with Crippen molar-refractivity contribution in [3.63, 3.8) is 0 Å². The molecule has 0 spiro atoms. The number of benzene rings is 1. The summed E-state index contributed by atoms with van der Waals surface area (Å²) in [6, 6.07) is 7.13. The van der Waals surface area contributed by atoms with Gasteiger partial charge in [0.25, 0.3) is 11.1 Å². The molecule has 0 atom stereocenters. The Kier molecular flexibility index (Phi) is 7.71. The molecular formula is C20H24ClN3O4S. The number of carbonyl (C=O) groups is 3. The summed E-state index contributed by atoms with van der Waals surface area (Å²) in [5.41, 5.74) is 0.685. The summed E-state index contributed by atoms with van der Waals surface area (Å²) in [4.78, 5) is 40.4. The zero-order valence-corrected chi connectivity index (χ0v) is 17.8. The van der Waals surface area contributed by atoms with Crippen LogP contribution in [0, 0.1) is 0 Å². The van der Waals surface area contributed by atoms with Gasteiger partial charge in [-0.1, -0.05) is 29.8 Å². The lowest BCUT2D eigenvalue weighted by Crippen LogP contribution is -2.44. The molecule has 1 aromatic rings. The van der Waals surface area contributed by atoms with Gasteiger partial charge in [-0.15, -0.1) is 0 Å². The number of imide groups is 1. The molecule has 1 N–H and O–H groups in total. The van der Waals surface area contributed by atoms with Crippen LogP contribution in [-0.2, 0) is 14.3 Å². The molecule has 0 saturated carbocycles. The third kappa shape index (κ3) is 5.82. The average Bonchev–Trinajstić information content (AvgIpc) is 2.97. The number of hydrogen-bond donors (Lipinski definition) is 1. The Morgan fingerprint density at radius 3 is 2.72 bits per heavy atom. The molecule has 0 unspecified atom stereocenters. The number of halogens is 1. The summed E-state index contributed by atoms with van der Waals surface area (Å²) in [5.74, 6) is -0.477. The summed E-state index contributed by atoms with van der Waals surface area (Å²) in [6.07, 6.45) is 3.72. The lowest BCUT2D eigenvalue weighted by molar-refractivity contribution is -0.125. The normalized spacial score (nSPS) is 19.9. The number of piperidine rings is 1. The molecular weight excluding hydrogens is 414 g/mol. The van der Waals surface area contributed by atoms with Crippen LogP contribution in [-0.4, -0.2) is 72.8 Å². The third-order valence-corrected chi connectivity index (χ3v) is 6.21. The van der Waals surface area contributed by atoms with Gasteiger partial charge in [0, 0.05) is 38.3 Å². The highest BCUT2D eigenvalue weighted by atomic mass is 35.5. The van der Waals surface area contributed by atoms with E-state index in [9.17, 15) is 14.4 Å². The van der Waals surface area contributed by atoms with E-state index in [1.165, 1.54) is 0 Å². The van der Waals surface area contributed by atoms with Crippen molar-refractivity contribution < 1.29 is 19.1 Å². The molecule has 9 heteroatoms. The van der Waals surface area contributed by atoms with Crippen molar-refractivity contribution in [3.05, 3.63) is 39.8 Å². The summed E-state index contributed by atoms with van der Waals surface area (Å²) >= 11 is 7.00. The smallest absolute Gasteiger partial charge is 0.293 e. The van der Waals surface area contributed by atoms with Crippen LogP contribution in [0.4, 0.5) is 4.79 Å². The maximum atomic E-state index is 12.5. The summed E-state index contributed by atoms with van der Waals surface area (Å²) in [6.45, 7) is 2.32. The van der Waals surface area contributed by atoms with E-state index in [1.54, 1.807) is 31.4 Å². The number of nitrogens with one attached hydrogen (secondary N) is 1. The van der Waals surface area contributed by atoms with Crippen molar-refractivity contribution in [2.75, 3.05) is 39.8 Å². The number of nitrogens with zero attached hydrogens (tertiary/aromatic N) is 2. The SMILES string of the molecule is COC1CCN(CC(=O)NCCN2C(=O)SC(=Cc3ccccc3Cl)C2=O)CC1. The maximum Gasteiger partial charge on any atom is 0.293 e. The third-order valence-electron chi connectivity index (χ3n) is 4.96. The predicted octanol–water partition coefficient (Wildman–Crippen LogP) is 2.60. The molecule has 2 saturated heterocycles. The minimum atomic E-state index is -0.365. The first-order valence-corrected chi connectivity index (χ1v) is 10.7. The van der Waals surface area contributed by atoms with E-state index in [1.807, 2.05) is 6.07 Å². The molecule has 3 rings (SSSR count). The Balaban J connectivity index is 1.46. The van der Waals surface area contributed by atoms with Gasteiger partial charge in [-0.3, -0.25) is 24.2 Å². The first-order chi connectivity index (χ1) is 14.0. The van der Waals surface area contributed by atoms with Gasteiger partial charge in [0.1, 0.15) is 0 Å². The fourth-order valence-electron chi connectivity index (χ4n) is 3.30. The molecule has 1 aromatic carbocycles. The van der Waals surface area contributed by atoms with Crippen molar-refractivity contribution in [2.24, 2.45) is 0 Å². The molecule has 2 heterocycles. The van der Waals surface area contributed by atoms with Crippen molar-refractivity contribution >= 4 is 46.5 Å². The van der Waals surface area contributed by atoms with Crippen LogP contribution in [0.25, 0.3) is 6.08 Å². The Morgan fingerprint density at radius 2 is 2.03 bits per heavy atom. The highest BCUT2D eigenvalue weighted by Crippen LogP contribution is 2.33. The van der Waals surface area contributed by atoms with Gasteiger partial charge in [0.05, 0.1) is 17.6 Å². The first-order valence-electron chi connectivity index (χ1n) is 9.49. The Morgan fingerprint density at radius 1 is 1.31 bits per heavy atom. The molecule has 0 aliphatic carbocycles. The maximum absolute atomic E-state index is 12.5. The monoisotopic (exact) mass is 437 g/mol. The van der Waals surface area contributed by atoms with Crippen LogP contribution in [0.2, 0.25) is 5.02 Å². The molecule has 0 aromatic heterocycles. The van der Waals surface area contributed by atoms with Crippen LogP contribution in [0.15, 0.2) is 29.2 Å². The van der Waals surface area contributed by atoms with Gasteiger partial charge in [-0.25, -0.2) is 0 Å². The quantitative estimate of drug-likeness (QED) is 0.660. The molecule has 2 fully saturated rings. The van der Waals surface area contributed by atoms with Crippen LogP contribution < -0.4 is 5.32 Å². The molecule has 2 aliphatic heterocycles. The number of hydrogen-bond acceptors (Lipinski definition) is 6. The van der Waals surface area contributed by atoms with Gasteiger partial charge in [0.15, 0.2) is 0 Å². The van der Waals surface area contributed by atoms with Crippen molar-refractivity contribution in [1.82, 2.24) is 15.1 Å². The van der Waals surface area contributed by atoms with Gasteiger partial charge < -0.3 is 10.1 Å². The predicted molar refractivity (Wildman–Crippen MR) is 114 cm³/mol. The summed E-state index contributed by atoms with van der Waals surface area (Å²) < 4.78 is 5.33. The second kappa shape index (κ2) is 10.2. The van der Waals surface area contributed by atoms with Gasteiger partial charge in [-0.05, 0) is 42.3 Å². The van der Waals surface area contributed by atoms with Crippen LogP contribution in [0.5, 0.6) is 0 Å². The number of rotatable bonds is 7. The molecule has 29 heavy (non-hydrogen) atoms. The van der Waals surface area contributed by atoms with Crippen LogP contribution in [0.1, 0.15) is 18.4 Å². The fourth-order valence-corrected chi connectivity index (χ4v) is 4.34. The van der Waals surface area contributed by atoms with Crippen molar-refractivity contribution in [3.8, 4) is 0 Å². The largest absolute Gasteiger partial charge is 0.381 e. The molecule has 2 aliphatic rings. The number of likely N-dealkylation sites (tertiary alicyclic amines) is 1. The minimum Gasteiger partial charge on any atom is -0.381 e. The summed E-state index contributed by atoms with van der Waals surface area (Å²) in [5, 5.41) is 2.96. The van der Waals surface area contributed by atoms with Crippen LogP contribution in [0.3, 0.4) is 0 Å². The second-order valence-corrected chi connectivity index (χ2v) is 8.32. The topological polar surface area (TPSA) is 79.0 Å². The van der Waals surface area contributed by atoms with Crippen molar-refractivity contribution in [1.29, 1.82) is 0 Å². The summed E-state index contributed by atoms with van der Waals surface area (Å²) in [7, 11) is 1.71. The minimum absolute atomic E-state index is 0.112. The lowest BCUT2D eigenvalue weighted by Gasteiger charge is -2.30. The zero-order valence-electron chi connectivity index (χ0n) is 16.2. The number of amides is 3. The van der Waals surface area contributed by atoms with E-state index < -0.39 is 0 Å². The number of ether oxygens (including phenoxy) is 1. The van der Waals surface area contributed by atoms with Gasteiger partial charge in [0.2, 0.25) is 5.91 Å². The lowest BCUT2D eigenvalue weighted by atomic mass is 10.1. The highest BCUT2D eigenvalue weighted by Gasteiger charge is 2.34. The molecule has 0 radical (unpaired) electrons. The Bertz CT molecular complexity index is 809. The van der Waals surface area contributed by atoms with E-state index in [0.29, 0.717) is 22.0 Å². The first kappa shape index (κ1) is 21.8. The average molecular weight is 438 g/mol. The van der Waals surface area contributed by atoms with E-state index in [2.05, 4.69) is 10.2 Å². The van der Waals surface area contributed by atoms with Crippen molar-refractivity contribution in [2.45, 2.75) is 18.9 Å². The van der Waals surface area contributed by atoms with E-state index >= 15 is 0 Å². The number of thioether (sulfide) groups is 1. The van der Waals surface area contributed by atoms with E-state index in [4.69, 9.17) is 16.3 Å². The van der Waals surface area contributed by atoms with Crippen LogP contribution >= 0.6 is 23.4 Å². The fraction of sp³-hybridized carbons (Fsp3) is 0.450. The molecule has 0 bridgehead atoms. The molecule has 7 nitrogen and oxygen atoms in total.